The number of carbonyl (C=O) groups excluding carboxylic acids is 2. The molecule has 1 aromatic rings. The quantitative estimate of drug-likeness (QED) is 0.576. The molecule has 1 aliphatic carbocycles. The molecule has 2 rings (SSSR count). The number of carbonyl (C=O) groups is 2. The van der Waals surface area contributed by atoms with E-state index in [1.165, 1.54) is 7.11 Å². The summed E-state index contributed by atoms with van der Waals surface area (Å²) < 4.78 is 4.67. The summed E-state index contributed by atoms with van der Waals surface area (Å²) in [4.78, 5) is 22.2. The molecule has 16 heavy (non-hydrogen) atoms. The average molecular weight is 218 g/mol. The van der Waals surface area contributed by atoms with Crippen LogP contribution in [0, 0.1) is 0 Å². The second-order valence-electron chi connectivity index (χ2n) is 4.08. The van der Waals surface area contributed by atoms with Crippen molar-refractivity contribution in [2.45, 2.75) is 24.7 Å². The second kappa shape index (κ2) is 4.47. The Hall–Kier alpha value is -1.64. The molecule has 3 heteroatoms. The normalized spacial score (nSPS) is 22.6. The van der Waals surface area contributed by atoms with E-state index < -0.39 is 0 Å². The monoisotopic (exact) mass is 218 g/mol. The fourth-order valence-corrected chi connectivity index (χ4v) is 2.39. The highest BCUT2D eigenvalue weighted by molar-refractivity contribution is 5.72. The average Bonchev–Trinajstić information content (AvgIpc) is 2.68. The highest BCUT2D eigenvalue weighted by Crippen LogP contribution is 2.42. The lowest BCUT2D eigenvalue weighted by molar-refractivity contribution is -0.141. The van der Waals surface area contributed by atoms with E-state index in [4.69, 9.17) is 0 Å². The number of fused-ring (bicyclic) bond motifs is 1. The van der Waals surface area contributed by atoms with E-state index in [1.54, 1.807) is 0 Å². The van der Waals surface area contributed by atoms with E-state index in [1.807, 2.05) is 24.3 Å². The summed E-state index contributed by atoms with van der Waals surface area (Å²) in [5.41, 5.74) is 2.18. The first-order chi connectivity index (χ1) is 7.76. The molecule has 0 heterocycles. The number of hydrogen-bond donors (Lipinski definition) is 0. The highest BCUT2D eigenvalue weighted by atomic mass is 16.5. The van der Waals surface area contributed by atoms with Gasteiger partial charge in [0.05, 0.1) is 13.5 Å². The largest absolute Gasteiger partial charge is 0.469 e. The van der Waals surface area contributed by atoms with Gasteiger partial charge in [-0.1, -0.05) is 24.3 Å². The molecule has 0 aromatic heterocycles. The maximum Gasteiger partial charge on any atom is 0.306 e. The first kappa shape index (κ1) is 10.9. The van der Waals surface area contributed by atoms with Crippen molar-refractivity contribution in [3.8, 4) is 0 Å². The molecule has 84 valence electrons. The maximum atomic E-state index is 11.3. The van der Waals surface area contributed by atoms with Crippen LogP contribution in [0.4, 0.5) is 0 Å². The van der Waals surface area contributed by atoms with Crippen molar-refractivity contribution in [1.29, 1.82) is 0 Å². The number of ether oxygens (including phenoxy) is 1. The lowest BCUT2D eigenvalue weighted by Gasteiger charge is -2.09. The third kappa shape index (κ3) is 1.85. The van der Waals surface area contributed by atoms with Gasteiger partial charge < -0.3 is 9.53 Å². The molecule has 3 nitrogen and oxygen atoms in total. The summed E-state index contributed by atoms with van der Waals surface area (Å²) in [6, 6.07) is 7.82. The second-order valence-corrected chi connectivity index (χ2v) is 4.08. The molecule has 0 amide bonds. The molecule has 0 saturated heterocycles. The summed E-state index contributed by atoms with van der Waals surface area (Å²) in [5, 5.41) is 0. The van der Waals surface area contributed by atoms with Crippen LogP contribution in [-0.4, -0.2) is 19.4 Å². The van der Waals surface area contributed by atoms with Crippen molar-refractivity contribution in [2.24, 2.45) is 0 Å². The molecular weight excluding hydrogens is 204 g/mol. The standard InChI is InChI=1S/C13H14O3/c1-16-13(15)7-9-6-10(8-14)12-5-3-2-4-11(9)12/h2-5,8-10H,6-7H2,1H3. The molecule has 0 radical (unpaired) electrons. The Labute approximate surface area is 94.4 Å². The molecule has 0 N–H and O–H groups in total. The fraction of sp³-hybridized carbons (Fsp3) is 0.385. The van der Waals surface area contributed by atoms with E-state index in [-0.39, 0.29) is 17.8 Å². The smallest absolute Gasteiger partial charge is 0.306 e. The summed E-state index contributed by atoms with van der Waals surface area (Å²) in [6.45, 7) is 0. The highest BCUT2D eigenvalue weighted by Gasteiger charge is 2.31. The van der Waals surface area contributed by atoms with Gasteiger partial charge in [-0.2, -0.15) is 0 Å². The summed E-state index contributed by atoms with van der Waals surface area (Å²) in [7, 11) is 1.39. The fourth-order valence-electron chi connectivity index (χ4n) is 2.39. The first-order valence-electron chi connectivity index (χ1n) is 5.37. The van der Waals surface area contributed by atoms with Crippen LogP contribution in [0.15, 0.2) is 24.3 Å². The van der Waals surface area contributed by atoms with Crippen molar-refractivity contribution < 1.29 is 14.3 Å². The van der Waals surface area contributed by atoms with E-state index in [0.29, 0.717) is 6.42 Å². The number of aldehydes is 1. The topological polar surface area (TPSA) is 43.4 Å². The molecule has 1 aromatic carbocycles. The van der Waals surface area contributed by atoms with E-state index >= 15 is 0 Å². The first-order valence-corrected chi connectivity index (χ1v) is 5.37. The number of methoxy groups -OCH3 is 1. The van der Waals surface area contributed by atoms with Gasteiger partial charge in [-0.05, 0) is 23.5 Å². The molecule has 0 saturated carbocycles. The van der Waals surface area contributed by atoms with Gasteiger partial charge in [0, 0.05) is 5.92 Å². The van der Waals surface area contributed by atoms with Gasteiger partial charge in [-0.3, -0.25) is 4.79 Å². The Morgan fingerprint density at radius 1 is 1.44 bits per heavy atom. The van der Waals surface area contributed by atoms with Crippen LogP contribution in [0.3, 0.4) is 0 Å². The molecule has 0 bridgehead atoms. The van der Waals surface area contributed by atoms with E-state index in [2.05, 4.69) is 4.74 Å². The number of benzene rings is 1. The molecule has 1 aliphatic rings. The van der Waals surface area contributed by atoms with Gasteiger partial charge in [0.25, 0.3) is 0 Å². The summed E-state index contributed by atoms with van der Waals surface area (Å²) in [6.07, 6.45) is 2.05. The lowest BCUT2D eigenvalue weighted by Crippen LogP contribution is -2.06. The Balaban J connectivity index is 2.25. The van der Waals surface area contributed by atoms with Gasteiger partial charge in [0.1, 0.15) is 6.29 Å². The Bertz CT molecular complexity index is 411. The molecule has 0 aliphatic heterocycles. The van der Waals surface area contributed by atoms with Crippen molar-refractivity contribution in [3.63, 3.8) is 0 Å². The van der Waals surface area contributed by atoms with Crippen molar-refractivity contribution in [1.82, 2.24) is 0 Å². The van der Waals surface area contributed by atoms with Crippen LogP contribution < -0.4 is 0 Å². The number of hydrogen-bond acceptors (Lipinski definition) is 3. The van der Waals surface area contributed by atoms with Gasteiger partial charge in [0.2, 0.25) is 0 Å². The predicted octanol–water partition coefficient (Wildman–Crippen LogP) is 2.02. The van der Waals surface area contributed by atoms with Crippen LogP contribution in [0.1, 0.15) is 35.8 Å². The van der Waals surface area contributed by atoms with Crippen LogP contribution in [0.5, 0.6) is 0 Å². The zero-order chi connectivity index (χ0) is 11.5. The minimum atomic E-state index is -0.216. The summed E-state index contributed by atoms with van der Waals surface area (Å²) >= 11 is 0. The predicted molar refractivity (Wildman–Crippen MR) is 59.2 cm³/mol. The molecule has 0 spiro atoms. The molecule has 2 atom stereocenters. The number of rotatable bonds is 3. The molecular formula is C13H14O3. The van der Waals surface area contributed by atoms with Crippen LogP contribution in [0.2, 0.25) is 0 Å². The zero-order valence-corrected chi connectivity index (χ0v) is 9.18. The van der Waals surface area contributed by atoms with Crippen LogP contribution in [-0.2, 0) is 14.3 Å². The van der Waals surface area contributed by atoms with Crippen LogP contribution >= 0.6 is 0 Å². The van der Waals surface area contributed by atoms with Gasteiger partial charge >= 0.3 is 5.97 Å². The van der Waals surface area contributed by atoms with Gasteiger partial charge in [0.15, 0.2) is 0 Å². The molecule has 0 fully saturated rings. The van der Waals surface area contributed by atoms with Crippen molar-refractivity contribution >= 4 is 12.3 Å². The number of esters is 1. The third-order valence-electron chi connectivity index (χ3n) is 3.18. The van der Waals surface area contributed by atoms with Crippen molar-refractivity contribution in [2.75, 3.05) is 7.11 Å². The minimum absolute atomic E-state index is 0.0640. The third-order valence-corrected chi connectivity index (χ3v) is 3.18. The molecule has 2 unspecified atom stereocenters. The Morgan fingerprint density at radius 2 is 2.12 bits per heavy atom. The van der Waals surface area contributed by atoms with Crippen molar-refractivity contribution in [3.05, 3.63) is 35.4 Å². The Kier molecular flexibility index (Phi) is 3.04. The maximum absolute atomic E-state index is 11.3. The lowest BCUT2D eigenvalue weighted by atomic mass is 9.98. The van der Waals surface area contributed by atoms with Gasteiger partial charge in [-0.15, -0.1) is 0 Å². The van der Waals surface area contributed by atoms with E-state index in [0.717, 1.165) is 23.8 Å². The SMILES string of the molecule is COC(=O)CC1CC(C=O)c2ccccc21. The van der Waals surface area contributed by atoms with Gasteiger partial charge in [-0.25, -0.2) is 0 Å². The minimum Gasteiger partial charge on any atom is -0.469 e. The summed E-state index contributed by atoms with van der Waals surface area (Å²) in [5.74, 6) is -0.156. The van der Waals surface area contributed by atoms with E-state index in [9.17, 15) is 9.59 Å². The van der Waals surface area contributed by atoms with Crippen LogP contribution in [0.25, 0.3) is 0 Å². The Morgan fingerprint density at radius 3 is 2.75 bits per heavy atom. The zero-order valence-electron chi connectivity index (χ0n) is 9.18.